The lowest BCUT2D eigenvalue weighted by molar-refractivity contribution is -0.114. The maximum Gasteiger partial charge on any atom is 0.223 e. The molecular formula is C15H21N3O4S2. The van der Waals surface area contributed by atoms with Crippen molar-refractivity contribution < 1.29 is 17.9 Å². The van der Waals surface area contributed by atoms with E-state index in [1.807, 2.05) is 0 Å². The van der Waals surface area contributed by atoms with Gasteiger partial charge in [-0.2, -0.15) is 0 Å². The quantitative estimate of drug-likeness (QED) is 0.869. The Morgan fingerprint density at radius 2 is 2.08 bits per heavy atom. The number of fused-ring (bicyclic) bond motifs is 2. The summed E-state index contributed by atoms with van der Waals surface area (Å²) in [4.78, 5) is 17.0. The number of anilines is 1. The number of aromatic nitrogens is 1. The molecule has 7 nitrogen and oxygen atoms in total. The topological polar surface area (TPSA) is 88.6 Å². The summed E-state index contributed by atoms with van der Waals surface area (Å²) < 4.78 is 32.3. The van der Waals surface area contributed by atoms with Crippen molar-refractivity contribution in [3.63, 3.8) is 0 Å². The number of nitrogens with one attached hydrogen (secondary N) is 1. The molecule has 1 N–H and O–H groups in total. The molecule has 1 amide bonds. The van der Waals surface area contributed by atoms with Gasteiger partial charge in [-0.25, -0.2) is 17.7 Å². The summed E-state index contributed by atoms with van der Waals surface area (Å²) in [7, 11) is -3.11. The molecule has 0 aromatic carbocycles. The molecule has 9 heteroatoms. The number of ether oxygens (including phenoxy) is 1. The summed E-state index contributed by atoms with van der Waals surface area (Å²) in [5, 5.41) is 3.19. The van der Waals surface area contributed by atoms with Gasteiger partial charge >= 0.3 is 0 Å². The van der Waals surface area contributed by atoms with Crippen LogP contribution in [-0.4, -0.2) is 48.6 Å². The second-order valence-corrected chi connectivity index (χ2v) is 10.2. The Balaban J connectivity index is 1.55. The minimum Gasteiger partial charge on any atom is -0.375 e. The molecule has 1 aromatic rings. The zero-order chi connectivity index (χ0) is 16.9. The standard InChI is InChI=1S/C15H21N3O4S2/c1-10(19)16-14-17-13-12(23-14)8-22-9-15(13)4-6-18(7-5-15)24(20,21)11-2-3-11/h11H,2-9H2,1H3,(H,16,17,19). The molecule has 0 radical (unpaired) electrons. The first kappa shape index (κ1) is 16.4. The third-order valence-electron chi connectivity index (χ3n) is 5.08. The summed E-state index contributed by atoms with van der Waals surface area (Å²) in [6.07, 6.45) is 3.02. The number of carbonyl (C=O) groups excluding carboxylic acids is 1. The van der Waals surface area contributed by atoms with Crippen molar-refractivity contribution in [3.05, 3.63) is 10.6 Å². The van der Waals surface area contributed by atoms with Crippen LogP contribution in [0.2, 0.25) is 0 Å². The van der Waals surface area contributed by atoms with Crippen molar-refractivity contribution in [2.24, 2.45) is 0 Å². The largest absolute Gasteiger partial charge is 0.375 e. The van der Waals surface area contributed by atoms with E-state index in [-0.39, 0.29) is 16.6 Å². The molecule has 1 saturated carbocycles. The van der Waals surface area contributed by atoms with Gasteiger partial charge in [-0.1, -0.05) is 11.3 Å². The van der Waals surface area contributed by atoms with Crippen molar-refractivity contribution in [1.82, 2.24) is 9.29 Å². The molecular weight excluding hydrogens is 350 g/mol. The number of rotatable bonds is 3. The highest BCUT2D eigenvalue weighted by Crippen LogP contribution is 2.44. The zero-order valence-corrected chi connectivity index (χ0v) is 15.2. The van der Waals surface area contributed by atoms with Crippen LogP contribution in [0.4, 0.5) is 5.13 Å². The lowest BCUT2D eigenvalue weighted by atomic mass is 9.75. The number of sulfonamides is 1. The fourth-order valence-corrected chi connectivity index (χ4v) is 6.51. The van der Waals surface area contributed by atoms with E-state index in [1.165, 1.54) is 18.3 Å². The molecule has 2 aliphatic heterocycles. The van der Waals surface area contributed by atoms with Crippen LogP contribution in [0.1, 0.15) is 43.2 Å². The molecule has 3 heterocycles. The number of hydrogen-bond acceptors (Lipinski definition) is 6. The Labute approximate surface area is 145 Å². The van der Waals surface area contributed by atoms with Crippen LogP contribution in [0.25, 0.3) is 0 Å². The van der Waals surface area contributed by atoms with Gasteiger partial charge in [0.2, 0.25) is 15.9 Å². The van der Waals surface area contributed by atoms with Gasteiger partial charge in [0.1, 0.15) is 0 Å². The predicted octanol–water partition coefficient (Wildman–Crippen LogP) is 1.46. The van der Waals surface area contributed by atoms with E-state index in [0.29, 0.717) is 31.4 Å². The van der Waals surface area contributed by atoms with Gasteiger partial charge in [-0.3, -0.25) is 4.79 Å². The van der Waals surface area contributed by atoms with E-state index in [1.54, 1.807) is 4.31 Å². The Bertz CT molecular complexity index is 762. The van der Waals surface area contributed by atoms with Gasteiger partial charge in [-0.15, -0.1) is 0 Å². The van der Waals surface area contributed by atoms with Crippen molar-refractivity contribution >= 4 is 32.4 Å². The fourth-order valence-electron chi connectivity index (χ4n) is 3.60. The first-order valence-corrected chi connectivity index (χ1v) is 10.6. The van der Waals surface area contributed by atoms with Gasteiger partial charge in [0.05, 0.1) is 29.0 Å². The predicted molar refractivity (Wildman–Crippen MR) is 90.5 cm³/mol. The number of thiazole rings is 1. The van der Waals surface area contributed by atoms with E-state index in [4.69, 9.17) is 4.74 Å². The molecule has 0 bridgehead atoms. The van der Waals surface area contributed by atoms with E-state index in [0.717, 1.165) is 36.3 Å². The van der Waals surface area contributed by atoms with Crippen molar-refractivity contribution in [3.8, 4) is 0 Å². The summed E-state index contributed by atoms with van der Waals surface area (Å²) in [6, 6.07) is 0. The van der Waals surface area contributed by atoms with Gasteiger partial charge in [0.25, 0.3) is 0 Å². The van der Waals surface area contributed by atoms with Crippen LogP contribution in [0.5, 0.6) is 0 Å². The first-order valence-electron chi connectivity index (χ1n) is 8.25. The van der Waals surface area contributed by atoms with Crippen LogP contribution in [0, 0.1) is 0 Å². The molecule has 2 fully saturated rings. The minimum absolute atomic E-state index is 0.138. The molecule has 24 heavy (non-hydrogen) atoms. The normalized spacial score (nSPS) is 23.9. The molecule has 4 rings (SSSR count). The monoisotopic (exact) mass is 371 g/mol. The molecule has 0 atom stereocenters. The fraction of sp³-hybridized carbons (Fsp3) is 0.733. The third-order valence-corrected chi connectivity index (χ3v) is 8.42. The molecule has 1 aromatic heterocycles. The number of nitrogens with zero attached hydrogens (tertiary/aromatic N) is 2. The summed E-state index contributed by atoms with van der Waals surface area (Å²) >= 11 is 1.45. The van der Waals surface area contributed by atoms with Gasteiger partial charge in [0, 0.05) is 25.4 Å². The second-order valence-electron chi connectivity index (χ2n) is 6.89. The number of amides is 1. The average molecular weight is 371 g/mol. The second kappa shape index (κ2) is 5.76. The third kappa shape index (κ3) is 2.77. The molecule has 132 valence electrons. The van der Waals surface area contributed by atoms with E-state index in [2.05, 4.69) is 10.3 Å². The molecule has 1 spiro atoms. The van der Waals surface area contributed by atoms with Crippen LogP contribution in [0.15, 0.2) is 0 Å². The lowest BCUT2D eigenvalue weighted by Crippen LogP contribution is -2.49. The van der Waals surface area contributed by atoms with Crippen molar-refractivity contribution in [2.45, 2.75) is 49.9 Å². The van der Waals surface area contributed by atoms with Crippen molar-refractivity contribution in [1.29, 1.82) is 0 Å². The smallest absolute Gasteiger partial charge is 0.223 e. The van der Waals surface area contributed by atoms with Gasteiger partial charge in [0.15, 0.2) is 5.13 Å². The number of hydrogen-bond donors (Lipinski definition) is 1. The van der Waals surface area contributed by atoms with Crippen LogP contribution in [0.3, 0.4) is 0 Å². The Kier molecular flexibility index (Phi) is 3.94. The zero-order valence-electron chi connectivity index (χ0n) is 13.6. The Morgan fingerprint density at radius 3 is 2.71 bits per heavy atom. The Hall–Kier alpha value is -1.03. The van der Waals surface area contributed by atoms with Crippen LogP contribution in [-0.2, 0) is 31.6 Å². The van der Waals surface area contributed by atoms with Gasteiger partial charge < -0.3 is 10.1 Å². The Morgan fingerprint density at radius 1 is 1.38 bits per heavy atom. The van der Waals surface area contributed by atoms with E-state index < -0.39 is 10.0 Å². The first-order chi connectivity index (χ1) is 11.4. The van der Waals surface area contributed by atoms with E-state index >= 15 is 0 Å². The molecule has 0 unspecified atom stereocenters. The highest BCUT2D eigenvalue weighted by Gasteiger charge is 2.47. The maximum absolute atomic E-state index is 12.4. The SMILES string of the molecule is CC(=O)Nc1nc2c(s1)COCC21CCN(S(=O)(=O)C2CC2)CC1. The highest BCUT2D eigenvalue weighted by molar-refractivity contribution is 7.90. The van der Waals surface area contributed by atoms with E-state index in [9.17, 15) is 13.2 Å². The summed E-state index contributed by atoms with van der Waals surface area (Å²) in [6.45, 7) is 3.59. The number of carbonyl (C=O) groups is 1. The molecule has 3 aliphatic rings. The molecule has 1 saturated heterocycles. The average Bonchev–Trinajstić information content (AvgIpc) is 3.30. The summed E-state index contributed by atoms with van der Waals surface area (Å²) in [5.74, 6) is -0.138. The maximum atomic E-state index is 12.4. The highest BCUT2D eigenvalue weighted by atomic mass is 32.2. The van der Waals surface area contributed by atoms with Gasteiger partial charge in [-0.05, 0) is 25.7 Å². The van der Waals surface area contributed by atoms with Crippen LogP contribution < -0.4 is 5.32 Å². The molecule has 1 aliphatic carbocycles. The minimum atomic E-state index is -3.11. The lowest BCUT2D eigenvalue weighted by Gasteiger charge is -2.42. The summed E-state index contributed by atoms with van der Waals surface area (Å²) in [5.41, 5.74) is 0.766. The van der Waals surface area contributed by atoms with Crippen molar-refractivity contribution in [2.75, 3.05) is 25.0 Å². The number of piperidine rings is 1. The van der Waals surface area contributed by atoms with Crippen LogP contribution >= 0.6 is 11.3 Å².